The van der Waals surface area contributed by atoms with Crippen LogP contribution in [0.2, 0.25) is 0 Å². The van der Waals surface area contributed by atoms with Gasteiger partial charge in [-0.25, -0.2) is 0 Å². The number of aliphatic carboxylic acids is 1. The Hall–Kier alpha value is -1.62. The monoisotopic (exact) mass is 262 g/mol. The molecular weight excluding hydrogens is 248 g/mol. The van der Waals surface area contributed by atoms with Gasteiger partial charge in [-0.3, -0.25) is 4.79 Å². The molecule has 94 valence electrons. The zero-order valence-corrected chi connectivity index (χ0v) is 10.7. The number of hydrogen-bond donors (Lipinski definition) is 1. The molecule has 1 N–H and O–H groups in total. The van der Waals surface area contributed by atoms with Gasteiger partial charge in [-0.05, 0) is 36.5 Å². The number of piperidine rings is 1. The van der Waals surface area contributed by atoms with E-state index in [9.17, 15) is 4.79 Å². The molecule has 5 heteroatoms. The van der Waals surface area contributed by atoms with Crippen LogP contribution in [0, 0.1) is 5.92 Å². The molecule has 0 aliphatic carbocycles. The topological polar surface area (TPSA) is 53.4 Å². The molecule has 0 radical (unpaired) electrons. The quantitative estimate of drug-likeness (QED) is 0.904. The average molecular weight is 262 g/mol. The van der Waals surface area contributed by atoms with Gasteiger partial charge in [0.05, 0.1) is 11.4 Å². The van der Waals surface area contributed by atoms with Crippen LogP contribution < -0.4 is 4.90 Å². The molecule has 0 bridgehead atoms. The van der Waals surface area contributed by atoms with E-state index in [4.69, 9.17) is 5.11 Å². The Morgan fingerprint density at radius 1 is 1.44 bits per heavy atom. The summed E-state index contributed by atoms with van der Waals surface area (Å²) >= 11 is 1.47. The summed E-state index contributed by atoms with van der Waals surface area (Å²) in [5.41, 5.74) is 0.995. The number of benzene rings is 1. The Labute approximate surface area is 109 Å². The van der Waals surface area contributed by atoms with Crippen molar-refractivity contribution in [3.63, 3.8) is 0 Å². The molecule has 1 aliphatic rings. The molecule has 1 aromatic heterocycles. The normalized spacial score (nSPS) is 20.2. The van der Waals surface area contributed by atoms with Crippen molar-refractivity contribution < 1.29 is 9.90 Å². The first-order chi connectivity index (χ1) is 8.75. The number of anilines is 1. The molecule has 1 aliphatic heterocycles. The van der Waals surface area contributed by atoms with E-state index >= 15 is 0 Å². The summed E-state index contributed by atoms with van der Waals surface area (Å²) in [4.78, 5) is 13.3. The van der Waals surface area contributed by atoms with Crippen LogP contribution in [-0.2, 0) is 4.79 Å². The first kappa shape index (κ1) is 11.5. The van der Waals surface area contributed by atoms with Gasteiger partial charge in [0, 0.05) is 18.5 Å². The van der Waals surface area contributed by atoms with Crippen molar-refractivity contribution in [2.24, 2.45) is 5.92 Å². The van der Waals surface area contributed by atoms with Crippen LogP contribution in [-0.4, -0.2) is 28.5 Å². The summed E-state index contributed by atoms with van der Waals surface area (Å²) in [6, 6.07) is 8.02. The highest BCUT2D eigenvalue weighted by molar-refractivity contribution is 7.11. The van der Waals surface area contributed by atoms with E-state index < -0.39 is 5.97 Å². The number of fused-ring (bicyclic) bond motifs is 1. The number of aromatic nitrogens is 1. The summed E-state index contributed by atoms with van der Waals surface area (Å²) in [7, 11) is 0. The van der Waals surface area contributed by atoms with Crippen LogP contribution in [0.5, 0.6) is 0 Å². The highest BCUT2D eigenvalue weighted by Gasteiger charge is 2.27. The third-order valence-electron chi connectivity index (χ3n) is 3.42. The summed E-state index contributed by atoms with van der Waals surface area (Å²) in [5.74, 6) is -0.937. The minimum absolute atomic E-state index is 0.250. The molecule has 18 heavy (non-hydrogen) atoms. The lowest BCUT2D eigenvalue weighted by atomic mass is 9.98. The maximum atomic E-state index is 11.1. The van der Waals surface area contributed by atoms with Gasteiger partial charge in [-0.15, -0.1) is 0 Å². The van der Waals surface area contributed by atoms with Crippen LogP contribution in [0.1, 0.15) is 12.8 Å². The number of carbonyl (C=O) groups is 1. The smallest absolute Gasteiger partial charge is 0.308 e. The zero-order valence-electron chi connectivity index (χ0n) is 9.87. The minimum Gasteiger partial charge on any atom is -0.481 e. The maximum Gasteiger partial charge on any atom is 0.308 e. The lowest BCUT2D eigenvalue weighted by Gasteiger charge is -2.31. The molecule has 0 saturated carbocycles. The van der Waals surface area contributed by atoms with Crippen molar-refractivity contribution >= 4 is 33.4 Å². The fourth-order valence-corrected chi connectivity index (χ4v) is 3.36. The van der Waals surface area contributed by atoms with E-state index in [-0.39, 0.29) is 5.92 Å². The van der Waals surface area contributed by atoms with E-state index in [1.165, 1.54) is 11.5 Å². The van der Waals surface area contributed by atoms with E-state index in [1.807, 2.05) is 18.2 Å². The van der Waals surface area contributed by atoms with Crippen molar-refractivity contribution in [3.8, 4) is 0 Å². The van der Waals surface area contributed by atoms with Gasteiger partial charge in [0.25, 0.3) is 0 Å². The zero-order chi connectivity index (χ0) is 12.5. The van der Waals surface area contributed by atoms with Crippen LogP contribution in [0.3, 0.4) is 0 Å². The Morgan fingerprint density at radius 2 is 2.28 bits per heavy atom. The molecule has 1 atom stereocenters. The lowest BCUT2D eigenvalue weighted by Crippen LogP contribution is -2.38. The van der Waals surface area contributed by atoms with Crippen LogP contribution in [0.4, 0.5) is 5.00 Å². The van der Waals surface area contributed by atoms with E-state index in [1.54, 1.807) is 0 Å². The third-order valence-corrected chi connectivity index (χ3v) is 4.36. The fourth-order valence-electron chi connectivity index (χ4n) is 2.47. The Balaban J connectivity index is 1.92. The Kier molecular flexibility index (Phi) is 2.91. The molecular formula is C13H14N2O2S. The highest BCUT2D eigenvalue weighted by atomic mass is 32.1. The van der Waals surface area contributed by atoms with Crippen LogP contribution >= 0.6 is 11.5 Å². The second-order valence-corrected chi connectivity index (χ2v) is 5.38. The summed E-state index contributed by atoms with van der Waals surface area (Å²) in [5, 5.41) is 11.4. The highest BCUT2D eigenvalue weighted by Crippen LogP contribution is 2.33. The first-order valence-electron chi connectivity index (χ1n) is 6.08. The van der Waals surface area contributed by atoms with Crippen molar-refractivity contribution in [3.05, 3.63) is 24.3 Å². The summed E-state index contributed by atoms with van der Waals surface area (Å²) in [6.07, 6.45) is 1.71. The third kappa shape index (κ3) is 1.95. The molecule has 2 heterocycles. The van der Waals surface area contributed by atoms with Crippen LogP contribution in [0.15, 0.2) is 24.3 Å². The number of carboxylic acid groups (broad SMARTS) is 1. The average Bonchev–Trinajstić information content (AvgIpc) is 2.82. The number of hydrogen-bond acceptors (Lipinski definition) is 4. The predicted octanol–water partition coefficient (Wildman–Crippen LogP) is 2.60. The van der Waals surface area contributed by atoms with Gasteiger partial charge >= 0.3 is 5.97 Å². The van der Waals surface area contributed by atoms with Gasteiger partial charge in [-0.2, -0.15) is 4.37 Å². The lowest BCUT2D eigenvalue weighted by molar-refractivity contribution is -0.141. The van der Waals surface area contributed by atoms with E-state index in [0.717, 1.165) is 35.3 Å². The number of rotatable bonds is 2. The molecule has 1 unspecified atom stereocenters. The van der Waals surface area contributed by atoms with Gasteiger partial charge < -0.3 is 10.0 Å². The summed E-state index contributed by atoms with van der Waals surface area (Å²) in [6.45, 7) is 1.53. The molecule has 2 aromatic rings. The standard InChI is InChI=1S/C13H14N2O2S/c16-13(17)9-4-3-7-15(8-9)12-10-5-1-2-6-11(10)14-18-12/h1-2,5-6,9H,3-4,7-8H2,(H,16,17). The van der Waals surface area contributed by atoms with Crippen molar-refractivity contribution in [1.29, 1.82) is 0 Å². The van der Waals surface area contributed by atoms with Gasteiger partial charge in [0.2, 0.25) is 0 Å². The molecule has 4 nitrogen and oxygen atoms in total. The van der Waals surface area contributed by atoms with E-state index in [2.05, 4.69) is 15.3 Å². The summed E-state index contributed by atoms with van der Waals surface area (Å²) < 4.78 is 4.42. The Morgan fingerprint density at radius 3 is 3.11 bits per heavy atom. The molecule has 1 aromatic carbocycles. The molecule has 0 spiro atoms. The molecule has 1 saturated heterocycles. The molecule has 1 fully saturated rings. The predicted molar refractivity (Wildman–Crippen MR) is 72.2 cm³/mol. The molecule has 0 amide bonds. The van der Waals surface area contributed by atoms with E-state index in [0.29, 0.717) is 6.54 Å². The first-order valence-corrected chi connectivity index (χ1v) is 6.85. The number of carboxylic acids is 1. The van der Waals surface area contributed by atoms with Gasteiger partial charge in [-0.1, -0.05) is 12.1 Å². The second kappa shape index (κ2) is 4.57. The Bertz CT molecular complexity index is 581. The largest absolute Gasteiger partial charge is 0.481 e. The van der Waals surface area contributed by atoms with Gasteiger partial charge in [0.1, 0.15) is 5.00 Å². The molecule has 3 rings (SSSR count). The van der Waals surface area contributed by atoms with Crippen molar-refractivity contribution in [2.75, 3.05) is 18.0 Å². The second-order valence-electron chi connectivity index (χ2n) is 4.63. The van der Waals surface area contributed by atoms with Crippen molar-refractivity contribution in [2.45, 2.75) is 12.8 Å². The SMILES string of the molecule is O=C(O)C1CCCN(c2snc3ccccc23)C1. The maximum absolute atomic E-state index is 11.1. The minimum atomic E-state index is -0.687. The fraction of sp³-hybridized carbons (Fsp3) is 0.385. The van der Waals surface area contributed by atoms with Crippen molar-refractivity contribution in [1.82, 2.24) is 4.37 Å². The van der Waals surface area contributed by atoms with Gasteiger partial charge in [0.15, 0.2) is 0 Å². The van der Waals surface area contributed by atoms with Crippen LogP contribution in [0.25, 0.3) is 10.9 Å². The number of nitrogens with zero attached hydrogens (tertiary/aromatic N) is 2.